The maximum absolute atomic E-state index is 12.3. The van der Waals surface area contributed by atoms with Gasteiger partial charge in [-0.3, -0.25) is 9.59 Å². The van der Waals surface area contributed by atoms with Crippen LogP contribution in [0.15, 0.2) is 18.2 Å². The Hall–Kier alpha value is -2.50. The van der Waals surface area contributed by atoms with Crippen LogP contribution in [0.1, 0.15) is 60.8 Å². The van der Waals surface area contributed by atoms with Gasteiger partial charge in [0.25, 0.3) is 5.91 Å². The highest BCUT2D eigenvalue weighted by Gasteiger charge is 2.08. The molecule has 0 atom stereocenters. The van der Waals surface area contributed by atoms with E-state index in [2.05, 4.69) is 15.3 Å². The van der Waals surface area contributed by atoms with Gasteiger partial charge in [-0.1, -0.05) is 12.8 Å². The first kappa shape index (κ1) is 19.8. The molecule has 0 saturated heterocycles. The first-order valence-electron chi connectivity index (χ1n) is 9.20. The Bertz CT molecular complexity index is 774. The van der Waals surface area contributed by atoms with E-state index in [0.29, 0.717) is 25.1 Å². The lowest BCUT2D eigenvalue weighted by molar-refractivity contribution is -0.143. The van der Waals surface area contributed by atoms with Gasteiger partial charge in [-0.05, 0) is 51.8 Å². The maximum Gasteiger partial charge on any atom is 0.305 e. The van der Waals surface area contributed by atoms with Crippen molar-refractivity contribution in [2.45, 2.75) is 52.9 Å². The van der Waals surface area contributed by atoms with Gasteiger partial charge in [-0.15, -0.1) is 0 Å². The number of fused-ring (bicyclic) bond motifs is 1. The zero-order chi connectivity index (χ0) is 18.9. The lowest BCUT2D eigenvalue weighted by Gasteiger charge is -2.07. The summed E-state index contributed by atoms with van der Waals surface area (Å²) in [7, 11) is 0. The fourth-order valence-corrected chi connectivity index (χ4v) is 2.66. The van der Waals surface area contributed by atoms with Crippen molar-refractivity contribution in [2.75, 3.05) is 13.2 Å². The van der Waals surface area contributed by atoms with Crippen LogP contribution in [0.2, 0.25) is 0 Å². The molecule has 0 saturated carbocycles. The molecule has 0 aliphatic carbocycles. The van der Waals surface area contributed by atoms with Crippen LogP contribution in [-0.4, -0.2) is 35.0 Å². The first-order chi connectivity index (χ1) is 12.5. The van der Waals surface area contributed by atoms with E-state index in [-0.39, 0.29) is 11.9 Å². The Labute approximate surface area is 154 Å². The van der Waals surface area contributed by atoms with E-state index in [9.17, 15) is 9.59 Å². The molecule has 0 radical (unpaired) electrons. The lowest BCUT2D eigenvalue weighted by atomic mass is 10.1. The van der Waals surface area contributed by atoms with Gasteiger partial charge in [-0.25, -0.2) is 9.97 Å². The molecule has 6 heteroatoms. The molecule has 0 fully saturated rings. The second kappa shape index (κ2) is 9.85. The van der Waals surface area contributed by atoms with Gasteiger partial charge in [0.2, 0.25) is 0 Å². The third kappa shape index (κ3) is 5.79. The highest BCUT2D eigenvalue weighted by molar-refractivity contribution is 5.97. The topological polar surface area (TPSA) is 81.2 Å². The number of aryl methyl sites for hydroxylation is 2. The number of ether oxygens (including phenoxy) is 1. The summed E-state index contributed by atoms with van der Waals surface area (Å²) < 4.78 is 4.89. The molecule has 0 bridgehead atoms. The number of rotatable bonds is 9. The SMILES string of the molecule is CCOC(=O)CCCCCCNC(=O)c1ccc2nc(C)c(C)nc2c1. The van der Waals surface area contributed by atoms with Crippen molar-refractivity contribution in [1.82, 2.24) is 15.3 Å². The van der Waals surface area contributed by atoms with Crippen LogP contribution >= 0.6 is 0 Å². The molecule has 2 aromatic rings. The van der Waals surface area contributed by atoms with Crippen molar-refractivity contribution in [3.63, 3.8) is 0 Å². The number of hydrogen-bond donors (Lipinski definition) is 1. The summed E-state index contributed by atoms with van der Waals surface area (Å²) >= 11 is 0. The minimum absolute atomic E-state index is 0.0987. The minimum Gasteiger partial charge on any atom is -0.466 e. The molecule has 1 heterocycles. The summed E-state index contributed by atoms with van der Waals surface area (Å²) in [6.07, 6.45) is 4.12. The third-order valence-electron chi connectivity index (χ3n) is 4.24. The van der Waals surface area contributed by atoms with Gasteiger partial charge in [0.15, 0.2) is 0 Å². The smallest absolute Gasteiger partial charge is 0.305 e. The van der Waals surface area contributed by atoms with Crippen LogP contribution in [0, 0.1) is 13.8 Å². The Kier molecular flexibility index (Phi) is 7.51. The molecular formula is C20H27N3O3. The summed E-state index contributed by atoms with van der Waals surface area (Å²) in [5.41, 5.74) is 3.90. The van der Waals surface area contributed by atoms with E-state index in [1.807, 2.05) is 26.8 Å². The monoisotopic (exact) mass is 357 g/mol. The summed E-state index contributed by atoms with van der Waals surface area (Å²) in [6.45, 7) is 6.70. The van der Waals surface area contributed by atoms with Crippen LogP contribution in [0.25, 0.3) is 11.0 Å². The first-order valence-corrected chi connectivity index (χ1v) is 9.20. The molecule has 0 aliphatic heterocycles. The Balaban J connectivity index is 1.73. The molecule has 26 heavy (non-hydrogen) atoms. The molecule has 0 aliphatic rings. The molecule has 2 rings (SSSR count). The Morgan fingerprint density at radius 3 is 2.42 bits per heavy atom. The third-order valence-corrected chi connectivity index (χ3v) is 4.24. The highest BCUT2D eigenvalue weighted by atomic mass is 16.5. The van der Waals surface area contributed by atoms with Crippen molar-refractivity contribution in [1.29, 1.82) is 0 Å². The number of benzene rings is 1. The van der Waals surface area contributed by atoms with E-state index in [0.717, 1.165) is 48.1 Å². The van der Waals surface area contributed by atoms with E-state index in [1.165, 1.54) is 0 Å². The quantitative estimate of drug-likeness (QED) is 0.549. The van der Waals surface area contributed by atoms with Crippen molar-refractivity contribution in [2.24, 2.45) is 0 Å². The summed E-state index contributed by atoms with van der Waals surface area (Å²) in [4.78, 5) is 32.5. The number of carbonyl (C=O) groups excluding carboxylic acids is 2. The molecule has 1 amide bonds. The van der Waals surface area contributed by atoms with Crippen molar-refractivity contribution >= 4 is 22.9 Å². The predicted molar refractivity (Wildman–Crippen MR) is 101 cm³/mol. The van der Waals surface area contributed by atoms with E-state index >= 15 is 0 Å². The number of hydrogen-bond acceptors (Lipinski definition) is 5. The molecular weight excluding hydrogens is 330 g/mol. The lowest BCUT2D eigenvalue weighted by Crippen LogP contribution is -2.24. The van der Waals surface area contributed by atoms with E-state index in [4.69, 9.17) is 4.74 Å². The van der Waals surface area contributed by atoms with Crippen LogP contribution in [-0.2, 0) is 9.53 Å². The van der Waals surface area contributed by atoms with Crippen LogP contribution in [0.4, 0.5) is 0 Å². The van der Waals surface area contributed by atoms with Gasteiger partial charge in [0.05, 0.1) is 29.0 Å². The molecule has 1 N–H and O–H groups in total. The van der Waals surface area contributed by atoms with Crippen LogP contribution in [0.5, 0.6) is 0 Å². The van der Waals surface area contributed by atoms with Crippen molar-refractivity contribution in [3.8, 4) is 0 Å². The fourth-order valence-electron chi connectivity index (χ4n) is 2.66. The van der Waals surface area contributed by atoms with Crippen LogP contribution < -0.4 is 5.32 Å². The average Bonchev–Trinajstić information content (AvgIpc) is 2.61. The summed E-state index contributed by atoms with van der Waals surface area (Å²) in [5, 5.41) is 2.93. The second-order valence-electron chi connectivity index (χ2n) is 6.32. The molecule has 140 valence electrons. The number of unbranched alkanes of at least 4 members (excludes halogenated alkanes) is 3. The van der Waals surface area contributed by atoms with Crippen molar-refractivity contribution in [3.05, 3.63) is 35.2 Å². The van der Waals surface area contributed by atoms with Crippen molar-refractivity contribution < 1.29 is 14.3 Å². The Morgan fingerprint density at radius 2 is 1.69 bits per heavy atom. The largest absolute Gasteiger partial charge is 0.466 e. The highest BCUT2D eigenvalue weighted by Crippen LogP contribution is 2.14. The average molecular weight is 357 g/mol. The normalized spacial score (nSPS) is 10.7. The van der Waals surface area contributed by atoms with E-state index < -0.39 is 0 Å². The molecule has 1 aromatic carbocycles. The number of nitrogens with zero attached hydrogens (tertiary/aromatic N) is 2. The molecule has 0 spiro atoms. The number of esters is 1. The van der Waals surface area contributed by atoms with E-state index in [1.54, 1.807) is 12.1 Å². The van der Waals surface area contributed by atoms with Gasteiger partial charge in [0.1, 0.15) is 0 Å². The maximum atomic E-state index is 12.3. The van der Waals surface area contributed by atoms with Gasteiger partial charge in [0, 0.05) is 18.5 Å². The molecule has 0 unspecified atom stereocenters. The number of nitrogens with one attached hydrogen (secondary N) is 1. The number of aromatic nitrogens is 2. The number of carbonyl (C=O) groups is 2. The zero-order valence-electron chi connectivity index (χ0n) is 15.8. The minimum atomic E-state index is -0.134. The second-order valence-corrected chi connectivity index (χ2v) is 6.32. The Morgan fingerprint density at radius 1 is 1.00 bits per heavy atom. The van der Waals surface area contributed by atoms with Gasteiger partial charge < -0.3 is 10.1 Å². The molecule has 1 aromatic heterocycles. The summed E-state index contributed by atoms with van der Waals surface area (Å²) in [5.74, 6) is -0.232. The standard InChI is InChI=1S/C20H27N3O3/c1-4-26-19(24)9-7-5-6-8-12-21-20(25)16-10-11-17-18(13-16)23-15(3)14(2)22-17/h10-11,13H,4-9,12H2,1-3H3,(H,21,25). The van der Waals surface area contributed by atoms with Crippen LogP contribution in [0.3, 0.4) is 0 Å². The fraction of sp³-hybridized carbons (Fsp3) is 0.500. The van der Waals surface area contributed by atoms with Gasteiger partial charge in [-0.2, -0.15) is 0 Å². The molecule has 6 nitrogen and oxygen atoms in total. The summed E-state index contributed by atoms with van der Waals surface area (Å²) in [6, 6.07) is 5.39. The predicted octanol–water partition coefficient (Wildman–Crippen LogP) is 3.49. The number of amides is 1. The zero-order valence-corrected chi connectivity index (χ0v) is 15.8. The van der Waals surface area contributed by atoms with Gasteiger partial charge >= 0.3 is 5.97 Å².